The van der Waals surface area contributed by atoms with E-state index in [0.717, 1.165) is 41.6 Å². The predicted octanol–water partition coefficient (Wildman–Crippen LogP) is 11.3. The molecule has 4 rings (SSSR count). The van der Waals surface area contributed by atoms with Gasteiger partial charge in [0.2, 0.25) is 0 Å². The van der Waals surface area contributed by atoms with Crippen LogP contribution in [0.4, 0.5) is 18.9 Å². The number of unbranched alkanes of at least 4 members (excludes halogenated alkanes) is 3. The van der Waals surface area contributed by atoms with Crippen molar-refractivity contribution in [1.82, 2.24) is 4.90 Å². The number of rotatable bonds is 17. The minimum absolute atomic E-state index is 0. The summed E-state index contributed by atoms with van der Waals surface area (Å²) in [4.78, 5) is 2.18. The zero-order valence-corrected chi connectivity index (χ0v) is 28.5. The Morgan fingerprint density at radius 2 is 1.43 bits per heavy atom. The van der Waals surface area contributed by atoms with Gasteiger partial charge in [0.25, 0.3) is 0 Å². The van der Waals surface area contributed by atoms with Crippen molar-refractivity contribution < 1.29 is 17.9 Å². The lowest BCUT2D eigenvalue weighted by Gasteiger charge is -2.29. The van der Waals surface area contributed by atoms with Crippen molar-refractivity contribution in [3.8, 4) is 5.75 Å². The summed E-state index contributed by atoms with van der Waals surface area (Å²) in [5, 5.41) is 3.23. The van der Waals surface area contributed by atoms with Crippen molar-refractivity contribution in [1.29, 1.82) is 0 Å². The van der Waals surface area contributed by atoms with Crippen LogP contribution in [-0.2, 0) is 12.7 Å². The van der Waals surface area contributed by atoms with Crippen LogP contribution in [0.2, 0.25) is 5.02 Å². The van der Waals surface area contributed by atoms with E-state index in [2.05, 4.69) is 41.4 Å². The summed E-state index contributed by atoms with van der Waals surface area (Å²) in [6.45, 7) is 5.14. The van der Waals surface area contributed by atoms with Crippen LogP contribution in [0.15, 0.2) is 103 Å². The second-order valence-electron chi connectivity index (χ2n) is 11.1. The molecule has 250 valence electrons. The molecule has 3 nitrogen and oxygen atoms in total. The fourth-order valence-electron chi connectivity index (χ4n) is 5.39. The van der Waals surface area contributed by atoms with Gasteiger partial charge in [0.15, 0.2) is 0 Å². The van der Waals surface area contributed by atoms with Gasteiger partial charge in [0.1, 0.15) is 5.75 Å². The number of ether oxygens (including phenoxy) is 1. The summed E-state index contributed by atoms with van der Waals surface area (Å²) in [6.07, 6.45) is 1.00. The zero-order chi connectivity index (χ0) is 31.2. The molecular weight excluding hydrogens is 652 g/mol. The minimum atomic E-state index is -4.51. The molecule has 0 aliphatic heterocycles. The summed E-state index contributed by atoms with van der Waals surface area (Å²) in [6, 6.07) is 32.6. The van der Waals surface area contributed by atoms with Crippen molar-refractivity contribution in [3.05, 3.63) is 130 Å². The van der Waals surface area contributed by atoms with Crippen molar-refractivity contribution in [2.75, 3.05) is 31.6 Å². The monoisotopic (exact) mass is 694 g/mol. The fraction of sp³-hybridized carbons (Fsp3) is 0.351. The smallest absolute Gasteiger partial charge is 0.417 e. The fourth-order valence-corrected chi connectivity index (χ4v) is 5.68. The van der Waals surface area contributed by atoms with Gasteiger partial charge < -0.3 is 10.1 Å². The van der Waals surface area contributed by atoms with Crippen molar-refractivity contribution >= 4 is 42.1 Å². The second kappa shape index (κ2) is 20.4. The standard InChI is InChI=1S/C37H42ClF3N2O.2ClH/c1-2-3-4-11-23-42-32-20-13-21-33(26-32)44-25-14-24-43(27-31-19-12-22-35(36(31)38)37(39,40)41)28-34(29-15-7-5-8-16-29)30-17-9-6-10-18-30;;/h5-10,12-13,15-22,26,34,42H,2-4,11,14,23-25,27-28H2,1H3;2*1H. The first kappa shape index (κ1) is 39.3. The summed E-state index contributed by atoms with van der Waals surface area (Å²) in [5.74, 6) is 0.824. The first-order valence-corrected chi connectivity index (χ1v) is 15.9. The molecule has 0 heterocycles. The Labute approximate surface area is 289 Å². The van der Waals surface area contributed by atoms with E-state index in [1.807, 2.05) is 60.7 Å². The van der Waals surface area contributed by atoms with Crippen LogP contribution in [0, 0.1) is 0 Å². The highest BCUT2D eigenvalue weighted by molar-refractivity contribution is 6.32. The maximum atomic E-state index is 13.7. The van der Waals surface area contributed by atoms with Crippen molar-refractivity contribution in [3.63, 3.8) is 0 Å². The van der Waals surface area contributed by atoms with Gasteiger partial charge in [-0.25, -0.2) is 0 Å². The van der Waals surface area contributed by atoms with Gasteiger partial charge in [-0.3, -0.25) is 4.90 Å². The lowest BCUT2D eigenvalue weighted by Crippen LogP contribution is -2.31. The molecule has 1 N–H and O–H groups in total. The molecule has 0 aliphatic rings. The van der Waals surface area contributed by atoms with E-state index < -0.39 is 11.7 Å². The summed E-state index contributed by atoms with van der Waals surface area (Å²) in [5.41, 5.74) is 2.98. The molecule has 0 saturated carbocycles. The average molecular weight is 696 g/mol. The zero-order valence-electron chi connectivity index (χ0n) is 26.1. The third kappa shape index (κ3) is 12.4. The van der Waals surface area contributed by atoms with Crippen LogP contribution >= 0.6 is 36.4 Å². The van der Waals surface area contributed by atoms with Gasteiger partial charge in [-0.15, -0.1) is 24.8 Å². The molecule has 0 radical (unpaired) electrons. The van der Waals surface area contributed by atoms with E-state index in [9.17, 15) is 13.2 Å². The van der Waals surface area contributed by atoms with Gasteiger partial charge in [0.05, 0.1) is 17.2 Å². The Morgan fingerprint density at radius 1 is 0.783 bits per heavy atom. The molecule has 46 heavy (non-hydrogen) atoms. The Kier molecular flexibility index (Phi) is 17.4. The molecule has 0 aliphatic carbocycles. The average Bonchev–Trinajstić information content (AvgIpc) is 3.03. The van der Waals surface area contributed by atoms with Crippen molar-refractivity contribution in [2.24, 2.45) is 0 Å². The van der Waals surface area contributed by atoms with Gasteiger partial charge in [-0.05, 0) is 47.7 Å². The summed E-state index contributed by atoms with van der Waals surface area (Å²) in [7, 11) is 0. The first-order chi connectivity index (χ1) is 21.3. The van der Waals surface area contributed by atoms with Crippen molar-refractivity contribution in [2.45, 2.75) is 57.7 Å². The van der Waals surface area contributed by atoms with Gasteiger partial charge in [-0.2, -0.15) is 13.2 Å². The third-order valence-electron chi connectivity index (χ3n) is 7.70. The van der Waals surface area contributed by atoms with E-state index in [0.29, 0.717) is 31.7 Å². The molecule has 0 bridgehead atoms. The molecular formula is C37H44Cl3F3N2O. The Bertz CT molecular complexity index is 1370. The number of nitrogens with one attached hydrogen (secondary N) is 1. The molecule has 4 aromatic rings. The van der Waals surface area contributed by atoms with E-state index in [1.165, 1.54) is 25.3 Å². The first-order valence-electron chi connectivity index (χ1n) is 15.5. The molecule has 0 aromatic heterocycles. The molecule has 0 saturated heterocycles. The summed E-state index contributed by atoms with van der Waals surface area (Å²) >= 11 is 6.35. The number of anilines is 1. The molecule has 0 spiro atoms. The molecule has 9 heteroatoms. The number of nitrogens with zero attached hydrogens (tertiary/aromatic N) is 1. The highest BCUT2D eigenvalue weighted by atomic mass is 35.5. The molecule has 0 amide bonds. The number of benzene rings is 4. The number of alkyl halides is 3. The van der Waals surface area contributed by atoms with Crippen LogP contribution < -0.4 is 10.1 Å². The lowest BCUT2D eigenvalue weighted by atomic mass is 9.90. The largest absolute Gasteiger partial charge is 0.493 e. The molecule has 4 aromatic carbocycles. The highest BCUT2D eigenvalue weighted by Crippen LogP contribution is 2.37. The summed E-state index contributed by atoms with van der Waals surface area (Å²) < 4.78 is 47.1. The second-order valence-corrected chi connectivity index (χ2v) is 11.5. The van der Waals surface area contributed by atoms with E-state index in [4.69, 9.17) is 16.3 Å². The third-order valence-corrected chi connectivity index (χ3v) is 8.15. The van der Waals surface area contributed by atoms with Crippen LogP contribution in [0.1, 0.15) is 67.2 Å². The maximum absolute atomic E-state index is 13.7. The van der Waals surface area contributed by atoms with Gasteiger partial charge in [0, 0.05) is 43.9 Å². The SMILES string of the molecule is CCCCCCNc1cccc(OCCCN(Cc2cccc(C(F)(F)F)c2Cl)CC(c2ccccc2)c2ccccc2)c1.Cl.Cl. The number of halogens is 6. The van der Waals surface area contributed by atoms with Crippen LogP contribution in [0.3, 0.4) is 0 Å². The van der Waals surface area contributed by atoms with E-state index in [1.54, 1.807) is 6.07 Å². The Morgan fingerprint density at radius 3 is 2.07 bits per heavy atom. The van der Waals surface area contributed by atoms with Crippen LogP contribution in [0.5, 0.6) is 5.75 Å². The Hall–Kier alpha value is -2.90. The highest BCUT2D eigenvalue weighted by Gasteiger charge is 2.34. The molecule has 0 unspecified atom stereocenters. The van der Waals surface area contributed by atoms with Gasteiger partial charge >= 0.3 is 6.18 Å². The topological polar surface area (TPSA) is 24.5 Å². The Balaban J connectivity index is 0.00000368. The molecule has 0 atom stereocenters. The maximum Gasteiger partial charge on any atom is 0.417 e. The number of hydrogen-bond acceptors (Lipinski definition) is 3. The molecule has 0 fully saturated rings. The lowest BCUT2D eigenvalue weighted by molar-refractivity contribution is -0.137. The predicted molar refractivity (Wildman–Crippen MR) is 190 cm³/mol. The van der Waals surface area contributed by atoms with Gasteiger partial charge in [-0.1, -0.05) is 117 Å². The van der Waals surface area contributed by atoms with E-state index >= 15 is 0 Å². The minimum Gasteiger partial charge on any atom is -0.493 e. The van der Waals surface area contributed by atoms with Crippen LogP contribution in [0.25, 0.3) is 0 Å². The number of hydrogen-bond donors (Lipinski definition) is 1. The normalized spacial score (nSPS) is 11.2. The quantitative estimate of drug-likeness (QED) is 0.111. The van der Waals surface area contributed by atoms with E-state index in [-0.39, 0.29) is 42.3 Å². The van der Waals surface area contributed by atoms with Crippen LogP contribution in [-0.4, -0.2) is 31.1 Å².